The van der Waals surface area contributed by atoms with E-state index in [-0.39, 0.29) is 44.0 Å². The molecule has 14 nitrogen and oxygen atoms in total. The highest BCUT2D eigenvalue weighted by Gasteiger charge is 2.32. The number of hydrogen-bond acceptors (Lipinski definition) is 11. The molecular weight excluding hydrogens is 622 g/mol. The van der Waals surface area contributed by atoms with Crippen LogP contribution in [-0.2, 0) is 36.9 Å². The van der Waals surface area contributed by atoms with Gasteiger partial charge in [-0.25, -0.2) is 9.80 Å². The van der Waals surface area contributed by atoms with Gasteiger partial charge in [0.15, 0.2) is 18.2 Å². The third-order valence-electron chi connectivity index (χ3n) is 8.46. The molecule has 1 aliphatic carbocycles. The Bertz CT molecular complexity index is 1580. The number of alkyl carbamates (subject to hydrolysis) is 1. The molecule has 0 saturated heterocycles. The van der Waals surface area contributed by atoms with Crippen molar-refractivity contribution in [3.05, 3.63) is 52.6 Å². The summed E-state index contributed by atoms with van der Waals surface area (Å²) in [4.78, 5) is 76.6. The molecule has 258 valence electrons. The van der Waals surface area contributed by atoms with Crippen molar-refractivity contribution in [1.82, 2.24) is 20.5 Å². The number of nitrogens with zero attached hydrogens (tertiary/aromatic N) is 2. The highest BCUT2D eigenvalue weighted by Crippen LogP contribution is 2.41. The van der Waals surface area contributed by atoms with Gasteiger partial charge in [-0.05, 0) is 67.5 Å². The number of carbonyl (C=O) groups is 6. The number of carbonyl (C=O) groups excluding carboxylic acids is 6. The second-order valence-electron chi connectivity index (χ2n) is 11.9. The minimum absolute atomic E-state index is 0.0109. The van der Waals surface area contributed by atoms with E-state index in [0.29, 0.717) is 42.7 Å². The summed E-state index contributed by atoms with van der Waals surface area (Å²) in [7, 11) is 1.18. The van der Waals surface area contributed by atoms with E-state index in [0.717, 1.165) is 28.7 Å². The maximum Gasteiger partial charge on any atom is 0.407 e. The van der Waals surface area contributed by atoms with Crippen LogP contribution < -0.4 is 21.2 Å². The first-order valence-electron chi connectivity index (χ1n) is 16.0. The zero-order chi connectivity index (χ0) is 35.0. The molecule has 0 radical (unpaired) electrons. The van der Waals surface area contributed by atoms with Crippen LogP contribution >= 0.6 is 0 Å². The highest BCUT2D eigenvalue weighted by atomic mass is 16.5. The fourth-order valence-corrected chi connectivity index (χ4v) is 5.69. The quantitative estimate of drug-likeness (QED) is 0.116. The number of rotatable bonds is 14. The summed E-state index contributed by atoms with van der Waals surface area (Å²) in [5.41, 5.74) is 4.10. The summed E-state index contributed by atoms with van der Waals surface area (Å²) in [5.74, 6) is 4.21. The molecule has 14 heteroatoms. The van der Waals surface area contributed by atoms with Gasteiger partial charge in [-0.3, -0.25) is 29.8 Å². The molecule has 0 bridgehead atoms. The number of methoxy groups -OCH3 is 1. The zero-order valence-electron chi connectivity index (χ0n) is 27.8. The number of Topliss-reactive ketones (excluding diaryl/α,β-unsaturated/α-hetero) is 2. The van der Waals surface area contributed by atoms with E-state index in [4.69, 9.17) is 15.3 Å². The number of benzene rings is 2. The van der Waals surface area contributed by atoms with Crippen LogP contribution in [0, 0.1) is 0 Å². The monoisotopic (exact) mass is 665 g/mol. The second kappa shape index (κ2) is 16.3. The van der Waals surface area contributed by atoms with Crippen molar-refractivity contribution in [2.75, 3.05) is 39.9 Å². The van der Waals surface area contributed by atoms with Crippen molar-refractivity contribution in [3.63, 3.8) is 0 Å². The van der Waals surface area contributed by atoms with E-state index in [1.807, 2.05) is 19.9 Å². The molecule has 2 aliphatic rings. The molecule has 2 atom stereocenters. The number of hydrazine groups is 1. The minimum Gasteiger partial charge on any atom is -0.488 e. The third-order valence-corrected chi connectivity index (χ3v) is 8.46. The summed E-state index contributed by atoms with van der Waals surface area (Å²) >= 11 is 0. The van der Waals surface area contributed by atoms with Crippen molar-refractivity contribution >= 4 is 35.4 Å². The molecule has 4 N–H and O–H groups in total. The first-order chi connectivity index (χ1) is 22.9. The van der Waals surface area contributed by atoms with Gasteiger partial charge >= 0.3 is 12.1 Å². The second-order valence-corrected chi connectivity index (χ2v) is 11.9. The van der Waals surface area contributed by atoms with Gasteiger partial charge in [0.05, 0.1) is 19.7 Å². The fraction of sp³-hybridized carbons (Fsp3) is 0.471. The Kier molecular flexibility index (Phi) is 12.3. The van der Waals surface area contributed by atoms with Crippen molar-refractivity contribution in [2.45, 2.75) is 65.1 Å². The van der Waals surface area contributed by atoms with E-state index in [1.165, 1.54) is 17.0 Å². The van der Waals surface area contributed by atoms with Crippen LogP contribution in [0.5, 0.6) is 5.75 Å². The summed E-state index contributed by atoms with van der Waals surface area (Å²) in [6.45, 7) is 5.06. The molecular formula is C34H43N5O9. The van der Waals surface area contributed by atoms with Gasteiger partial charge < -0.3 is 29.7 Å². The van der Waals surface area contributed by atoms with Crippen molar-refractivity contribution in [2.24, 2.45) is 5.84 Å². The minimum atomic E-state index is -0.771. The van der Waals surface area contributed by atoms with Gasteiger partial charge in [-0.15, -0.1) is 0 Å². The number of nitrogens with one attached hydrogen (secondary N) is 2. The predicted octanol–water partition coefficient (Wildman–Crippen LogP) is 2.15. The number of fused-ring (bicyclic) bond motifs is 4. The van der Waals surface area contributed by atoms with Gasteiger partial charge in [-0.1, -0.05) is 26.0 Å². The molecule has 48 heavy (non-hydrogen) atoms. The van der Waals surface area contributed by atoms with Crippen LogP contribution in [0.4, 0.5) is 4.79 Å². The molecule has 4 rings (SSSR count). The van der Waals surface area contributed by atoms with Gasteiger partial charge in [0.2, 0.25) is 11.8 Å². The predicted molar refractivity (Wildman–Crippen MR) is 174 cm³/mol. The molecule has 1 unspecified atom stereocenters. The number of esters is 1. The van der Waals surface area contributed by atoms with Gasteiger partial charge in [0.25, 0.3) is 0 Å². The molecule has 0 saturated carbocycles. The number of nitrogens with two attached hydrogens (primary N) is 1. The number of ether oxygens (including phenoxy) is 3. The zero-order valence-corrected chi connectivity index (χ0v) is 27.8. The van der Waals surface area contributed by atoms with Crippen LogP contribution in [0.25, 0.3) is 11.1 Å². The fourth-order valence-electron chi connectivity index (χ4n) is 5.69. The van der Waals surface area contributed by atoms with Gasteiger partial charge in [0, 0.05) is 29.3 Å². The summed E-state index contributed by atoms with van der Waals surface area (Å²) < 4.78 is 15.7. The largest absolute Gasteiger partial charge is 0.488 e. The average Bonchev–Trinajstić information content (AvgIpc) is 3.08. The molecule has 2 aromatic carbocycles. The maximum atomic E-state index is 13.3. The summed E-state index contributed by atoms with van der Waals surface area (Å²) in [6, 6.07) is 7.84. The van der Waals surface area contributed by atoms with E-state index in [2.05, 4.69) is 15.4 Å². The Hall–Kier alpha value is -4.82. The molecule has 0 aromatic heterocycles. The lowest BCUT2D eigenvalue weighted by Gasteiger charge is -2.28. The standard InChI is InChI=1S/C34H43N5O9/c1-5-11-38(35)16-30(41)37-27-10-8-21-13-26-24-9-7-22(12-23(24)18-47-29(26)14-25(21)33(27)44)28(40)19-48-32(43)17-39(20(3)6-2)31(42)15-36-34(45)46-4/h7,9,12-14,20,27H,5-6,8,10-11,15-19,35H2,1-4H3,(H,36,45)(H,37,41)/t20-,27?/m0/s1. The molecule has 3 amide bonds. The topological polar surface area (TPSA) is 187 Å². The summed E-state index contributed by atoms with van der Waals surface area (Å²) in [6.07, 6.45) is 1.64. The Morgan fingerprint density at radius 3 is 2.52 bits per heavy atom. The Balaban J connectivity index is 1.39. The van der Waals surface area contributed by atoms with E-state index in [1.54, 1.807) is 31.2 Å². The van der Waals surface area contributed by atoms with Crippen molar-refractivity contribution < 1.29 is 43.0 Å². The van der Waals surface area contributed by atoms with Crippen LogP contribution in [0.15, 0.2) is 30.3 Å². The van der Waals surface area contributed by atoms with Crippen molar-refractivity contribution in [1.29, 1.82) is 0 Å². The lowest BCUT2D eigenvalue weighted by molar-refractivity contribution is -0.149. The molecule has 0 fully saturated rings. The Morgan fingerprint density at radius 2 is 1.81 bits per heavy atom. The Labute approximate surface area is 279 Å². The number of amides is 3. The van der Waals surface area contributed by atoms with Crippen LogP contribution in [0.3, 0.4) is 0 Å². The van der Waals surface area contributed by atoms with Gasteiger partial charge in [0.1, 0.15) is 25.4 Å². The molecule has 2 aromatic rings. The average molecular weight is 666 g/mol. The Morgan fingerprint density at radius 1 is 1.04 bits per heavy atom. The van der Waals surface area contributed by atoms with Crippen LogP contribution in [0.2, 0.25) is 0 Å². The lowest BCUT2D eigenvalue weighted by Crippen LogP contribution is -2.48. The van der Waals surface area contributed by atoms with Crippen LogP contribution in [0.1, 0.15) is 71.9 Å². The van der Waals surface area contributed by atoms with E-state index < -0.39 is 36.4 Å². The van der Waals surface area contributed by atoms with Crippen molar-refractivity contribution in [3.8, 4) is 16.9 Å². The van der Waals surface area contributed by atoms with E-state index >= 15 is 0 Å². The maximum absolute atomic E-state index is 13.3. The molecule has 1 aliphatic heterocycles. The molecule has 1 heterocycles. The highest BCUT2D eigenvalue weighted by molar-refractivity contribution is 6.05. The van der Waals surface area contributed by atoms with Gasteiger partial charge in [-0.2, -0.15) is 0 Å². The normalized spacial score (nSPS) is 15.2. The van der Waals surface area contributed by atoms with E-state index in [9.17, 15) is 28.8 Å². The third kappa shape index (κ3) is 8.75. The number of ketones is 2. The first-order valence-corrected chi connectivity index (χ1v) is 16.0. The lowest BCUT2D eigenvalue weighted by atomic mass is 9.83. The first kappa shape index (κ1) is 36.0. The SMILES string of the molecule is CCCN(N)CC(=O)NC1CCc2cc3c(cc2C1=O)OCc1cc(C(=O)COC(=O)CN(C(=O)CNC(=O)OC)[C@@H](C)CC)ccc1-3. The van der Waals surface area contributed by atoms with Crippen LogP contribution in [-0.4, -0.2) is 97.3 Å². The summed E-state index contributed by atoms with van der Waals surface area (Å²) in [5, 5.41) is 6.53. The number of aryl methyl sites for hydroxylation is 1. The molecule has 0 spiro atoms. The number of hydrogen-bond donors (Lipinski definition) is 3. The smallest absolute Gasteiger partial charge is 0.407 e.